The van der Waals surface area contributed by atoms with E-state index in [-0.39, 0.29) is 30.0 Å². The summed E-state index contributed by atoms with van der Waals surface area (Å²) in [5.41, 5.74) is 0. The van der Waals surface area contributed by atoms with Gasteiger partial charge in [0.15, 0.2) is 7.57 Å². The summed E-state index contributed by atoms with van der Waals surface area (Å²) < 4.78 is 10.8. The van der Waals surface area contributed by atoms with Crippen LogP contribution in [0.4, 0.5) is 0 Å². The summed E-state index contributed by atoms with van der Waals surface area (Å²) >= 11 is 0. The maximum Gasteiger partial charge on any atom is 0.306 e. The summed E-state index contributed by atoms with van der Waals surface area (Å²) in [4.78, 5) is 22.1. The first kappa shape index (κ1) is 11.5. The Bertz CT molecular complexity index is 286. The van der Waals surface area contributed by atoms with Crippen molar-refractivity contribution < 1.29 is 18.8 Å². The summed E-state index contributed by atoms with van der Waals surface area (Å²) in [5.74, 6) is -0.313. The predicted octanol–water partition coefficient (Wildman–Crippen LogP) is 0.257. The van der Waals surface area contributed by atoms with Gasteiger partial charge in [-0.1, -0.05) is 8.93 Å². The molecule has 0 bridgehead atoms. The summed E-state index contributed by atoms with van der Waals surface area (Å²) in [6.07, 6.45) is 1.78. The van der Waals surface area contributed by atoms with Crippen LogP contribution < -0.4 is 0 Å². The number of esters is 1. The number of carbonyl (C=O) groups excluding carboxylic acids is 2. The first-order valence-electron chi connectivity index (χ1n) is 4.91. The van der Waals surface area contributed by atoms with Crippen molar-refractivity contribution in [3.8, 4) is 0 Å². The molecule has 82 valence electrons. The van der Waals surface area contributed by atoms with Crippen LogP contribution in [0.5, 0.6) is 0 Å². The van der Waals surface area contributed by atoms with Gasteiger partial charge in [-0.25, -0.2) is 0 Å². The number of aldehydes is 1. The maximum absolute atomic E-state index is 11.1. The van der Waals surface area contributed by atoms with Gasteiger partial charge in [-0.05, 0) is 7.72 Å². The number of fused-ring (bicyclic) bond motifs is 1. The third kappa shape index (κ3) is 2.25. The Labute approximate surface area is 92.8 Å². The van der Waals surface area contributed by atoms with Crippen molar-refractivity contribution in [1.29, 1.82) is 0 Å². The summed E-state index contributed by atoms with van der Waals surface area (Å²) in [5, 5.41) is 0. The van der Waals surface area contributed by atoms with Gasteiger partial charge >= 0.3 is 5.97 Å². The highest BCUT2D eigenvalue weighted by Gasteiger charge is 2.50. The van der Waals surface area contributed by atoms with Crippen molar-refractivity contribution in [3.05, 3.63) is 0 Å². The van der Waals surface area contributed by atoms with Crippen LogP contribution in [0.25, 0.3) is 0 Å². The predicted molar refractivity (Wildman–Crippen MR) is 62.2 cm³/mol. The van der Waals surface area contributed by atoms with Crippen LogP contribution in [-0.2, 0) is 18.8 Å². The van der Waals surface area contributed by atoms with Gasteiger partial charge in [0, 0.05) is 18.3 Å². The van der Waals surface area contributed by atoms with Crippen LogP contribution in [0.15, 0.2) is 0 Å². The van der Waals surface area contributed by atoms with Gasteiger partial charge in [-0.15, -0.1) is 0 Å². The van der Waals surface area contributed by atoms with Crippen molar-refractivity contribution in [2.75, 3.05) is 0 Å². The molecule has 1 heterocycles. The quantitative estimate of drug-likeness (QED) is 0.310. The Morgan fingerprint density at radius 1 is 1.67 bits per heavy atom. The topological polar surface area (TPSA) is 52.6 Å². The van der Waals surface area contributed by atoms with Gasteiger partial charge < -0.3 is 14.1 Å². The normalized spacial score (nSPS) is 41.0. The Morgan fingerprint density at radius 2 is 2.40 bits per heavy atom. The SMILES string of the molecule is BP(P)O[C@@H]1C[C@@H]2OC(=O)C[C@@H]2C1C=O. The van der Waals surface area contributed by atoms with Crippen LogP contribution in [0.2, 0.25) is 0 Å². The van der Waals surface area contributed by atoms with E-state index in [0.717, 1.165) is 6.29 Å². The largest absolute Gasteiger partial charge is 0.462 e. The van der Waals surface area contributed by atoms with E-state index in [1.807, 2.05) is 7.57 Å². The number of hydrogen-bond acceptors (Lipinski definition) is 4. The molecule has 1 aliphatic carbocycles. The zero-order valence-corrected chi connectivity index (χ0v) is 10.5. The molecule has 0 amide bonds. The minimum Gasteiger partial charge on any atom is -0.462 e. The second kappa shape index (κ2) is 4.49. The highest BCUT2D eigenvalue weighted by atomic mass is 32.0. The molecule has 4 nitrogen and oxygen atoms in total. The first-order chi connectivity index (χ1) is 7.11. The summed E-state index contributed by atoms with van der Waals surface area (Å²) in [7, 11) is 4.02. The average molecular weight is 246 g/mol. The van der Waals surface area contributed by atoms with Gasteiger partial charge in [0.25, 0.3) is 0 Å². The van der Waals surface area contributed by atoms with E-state index in [2.05, 4.69) is 8.93 Å². The number of ether oxygens (including phenoxy) is 1. The number of hydrogen-bond donors (Lipinski definition) is 0. The van der Waals surface area contributed by atoms with Gasteiger partial charge in [0.05, 0.1) is 12.5 Å². The summed E-state index contributed by atoms with van der Waals surface area (Å²) in [6, 6.07) is 0. The van der Waals surface area contributed by atoms with Crippen LogP contribution in [0.1, 0.15) is 12.8 Å². The van der Waals surface area contributed by atoms with E-state index in [4.69, 9.17) is 9.26 Å². The molecule has 2 fully saturated rings. The van der Waals surface area contributed by atoms with Gasteiger partial charge in [-0.2, -0.15) is 0 Å². The van der Waals surface area contributed by atoms with Crippen molar-refractivity contribution in [2.45, 2.75) is 25.0 Å². The molecule has 0 N–H and O–H groups in total. The highest BCUT2D eigenvalue weighted by Crippen LogP contribution is 2.49. The Balaban J connectivity index is 2.06. The van der Waals surface area contributed by atoms with Crippen molar-refractivity contribution in [2.24, 2.45) is 11.8 Å². The molecule has 0 aromatic heterocycles. The van der Waals surface area contributed by atoms with E-state index >= 15 is 0 Å². The zero-order valence-electron chi connectivity index (χ0n) is 8.46. The van der Waals surface area contributed by atoms with E-state index in [1.54, 1.807) is 0 Å². The van der Waals surface area contributed by atoms with Gasteiger partial charge in [-0.3, -0.25) is 4.79 Å². The Morgan fingerprint density at radius 3 is 3.00 bits per heavy atom. The lowest BCUT2D eigenvalue weighted by Crippen LogP contribution is -2.22. The first-order valence-corrected chi connectivity index (χ1v) is 8.24. The van der Waals surface area contributed by atoms with Crippen LogP contribution in [-0.4, -0.2) is 32.0 Å². The lowest BCUT2D eigenvalue weighted by atomic mass is 9.94. The minimum absolute atomic E-state index is 0.0416. The van der Waals surface area contributed by atoms with Gasteiger partial charge in [0.1, 0.15) is 12.4 Å². The molecule has 7 heteroatoms. The third-order valence-electron chi connectivity index (χ3n) is 3.01. The average Bonchev–Trinajstić information content (AvgIpc) is 2.59. The van der Waals surface area contributed by atoms with Crippen LogP contribution in [0, 0.1) is 11.8 Å². The zero-order chi connectivity index (χ0) is 11.0. The Hall–Kier alpha value is 0.0249. The lowest BCUT2D eigenvalue weighted by molar-refractivity contribution is -0.141. The molecule has 2 rings (SSSR count). The molecule has 0 aromatic carbocycles. The summed E-state index contributed by atoms with van der Waals surface area (Å²) in [6.45, 7) is 0. The molecular weight excluding hydrogens is 233 g/mol. The third-order valence-corrected chi connectivity index (χ3v) is 3.98. The smallest absolute Gasteiger partial charge is 0.306 e. The minimum atomic E-state index is -0.557. The van der Waals surface area contributed by atoms with E-state index in [9.17, 15) is 9.59 Å². The molecule has 1 saturated heterocycles. The van der Waals surface area contributed by atoms with Gasteiger partial charge in [0.2, 0.25) is 0 Å². The molecule has 0 spiro atoms. The fourth-order valence-electron chi connectivity index (χ4n) is 2.41. The second-order valence-electron chi connectivity index (χ2n) is 4.04. The van der Waals surface area contributed by atoms with E-state index < -0.39 is 7.72 Å². The number of rotatable bonds is 3. The van der Waals surface area contributed by atoms with Crippen molar-refractivity contribution in [1.82, 2.24) is 0 Å². The monoisotopic (exact) mass is 246 g/mol. The molecule has 0 aromatic rings. The van der Waals surface area contributed by atoms with Crippen LogP contribution in [0.3, 0.4) is 0 Å². The van der Waals surface area contributed by atoms with Crippen molar-refractivity contribution in [3.63, 3.8) is 0 Å². The maximum atomic E-state index is 11.1. The second-order valence-corrected chi connectivity index (χ2v) is 7.52. The van der Waals surface area contributed by atoms with Crippen molar-refractivity contribution >= 4 is 36.5 Å². The van der Waals surface area contributed by atoms with E-state index in [0.29, 0.717) is 12.8 Å². The molecule has 6 atom stereocenters. The Kier molecular flexibility index (Phi) is 3.44. The highest BCUT2D eigenvalue weighted by molar-refractivity contribution is 8.23. The molecule has 15 heavy (non-hydrogen) atoms. The molecular formula is C8H13BO4P2. The fraction of sp³-hybridized carbons (Fsp3) is 0.750. The molecule has 3 unspecified atom stereocenters. The molecule has 1 saturated carbocycles. The standard InChI is InChI=1S/C8H13BO4P2/c9-15(14)13-7-2-6-4(5(7)3-10)1-8(11)12-6/h3-7H,1-2,9,14H2/t4-,5?,6+,7-,15?/m1/s1. The van der Waals surface area contributed by atoms with Crippen LogP contribution >= 0.6 is 16.6 Å². The fourth-order valence-corrected chi connectivity index (χ4v) is 3.54. The molecule has 1 aliphatic heterocycles. The van der Waals surface area contributed by atoms with E-state index in [1.165, 1.54) is 0 Å². The lowest BCUT2D eigenvalue weighted by Gasteiger charge is -2.20. The molecule has 2 aliphatic rings. The molecule has 0 radical (unpaired) electrons. The number of carbonyl (C=O) groups is 2.